The normalized spacial score (nSPS) is 11.2. The van der Waals surface area contributed by atoms with Gasteiger partial charge >= 0.3 is 0 Å². The number of amides is 2. The largest absolute Gasteiger partial charge is 0.326 e. The Balaban J connectivity index is 1.83. The van der Waals surface area contributed by atoms with Crippen molar-refractivity contribution >= 4 is 29.1 Å². The van der Waals surface area contributed by atoms with Crippen molar-refractivity contribution in [2.45, 2.75) is 19.8 Å². The number of hydrogen-bond acceptors (Lipinski definition) is 3. The standard InChI is InChI=1S/C21H19ClFN3O2/c1-13(20(27)26-18-9-7-17(23)8-10-18)3-4-14(2)25-21(28)15-5-6-16(12-24)19(22)11-15/h5-11,13H,2-4H2,1H3,(H,25,28)(H,26,27)/t13-/m0/s1. The van der Waals surface area contributed by atoms with Gasteiger partial charge in [-0.3, -0.25) is 9.59 Å². The van der Waals surface area contributed by atoms with Crippen LogP contribution in [0.15, 0.2) is 54.7 Å². The van der Waals surface area contributed by atoms with Gasteiger partial charge in [0.25, 0.3) is 5.91 Å². The maximum absolute atomic E-state index is 12.9. The summed E-state index contributed by atoms with van der Waals surface area (Å²) in [7, 11) is 0. The van der Waals surface area contributed by atoms with E-state index in [4.69, 9.17) is 16.9 Å². The molecule has 2 rings (SSSR count). The van der Waals surface area contributed by atoms with Gasteiger partial charge < -0.3 is 10.6 Å². The van der Waals surface area contributed by atoms with Crippen molar-refractivity contribution < 1.29 is 14.0 Å². The van der Waals surface area contributed by atoms with Crippen molar-refractivity contribution in [3.63, 3.8) is 0 Å². The Kier molecular flexibility index (Phi) is 7.30. The number of rotatable bonds is 7. The second kappa shape index (κ2) is 9.67. The highest BCUT2D eigenvalue weighted by Gasteiger charge is 2.15. The minimum atomic E-state index is -0.389. The molecule has 0 saturated heterocycles. The summed E-state index contributed by atoms with van der Waals surface area (Å²) in [6, 6.07) is 11.8. The summed E-state index contributed by atoms with van der Waals surface area (Å²) in [4.78, 5) is 24.4. The van der Waals surface area contributed by atoms with Crippen LogP contribution in [-0.2, 0) is 4.79 Å². The SMILES string of the molecule is C=C(CC[C@H](C)C(=O)Nc1ccc(F)cc1)NC(=O)c1ccc(C#N)c(Cl)c1. The van der Waals surface area contributed by atoms with Crippen molar-refractivity contribution in [1.82, 2.24) is 5.32 Å². The molecule has 0 spiro atoms. The van der Waals surface area contributed by atoms with Crippen LogP contribution in [0.1, 0.15) is 35.7 Å². The third-order valence-corrected chi connectivity index (χ3v) is 4.39. The van der Waals surface area contributed by atoms with Gasteiger partial charge in [-0.05, 0) is 55.3 Å². The first kappa shape index (κ1) is 21.1. The molecule has 0 saturated carbocycles. The summed E-state index contributed by atoms with van der Waals surface area (Å²) in [5.41, 5.74) is 1.58. The van der Waals surface area contributed by atoms with Crippen molar-refractivity contribution in [3.8, 4) is 6.07 Å². The zero-order valence-electron chi connectivity index (χ0n) is 15.3. The first-order valence-electron chi connectivity index (χ1n) is 8.55. The number of nitriles is 1. The van der Waals surface area contributed by atoms with Crippen molar-refractivity contribution in [1.29, 1.82) is 5.26 Å². The molecule has 0 radical (unpaired) electrons. The van der Waals surface area contributed by atoms with Crippen LogP contribution in [-0.4, -0.2) is 11.8 Å². The highest BCUT2D eigenvalue weighted by atomic mass is 35.5. The van der Waals surface area contributed by atoms with E-state index in [1.54, 1.807) is 6.92 Å². The quantitative estimate of drug-likeness (QED) is 0.711. The van der Waals surface area contributed by atoms with Crippen LogP contribution in [0.3, 0.4) is 0 Å². The van der Waals surface area contributed by atoms with Gasteiger partial charge in [0.2, 0.25) is 5.91 Å². The number of allylic oxidation sites excluding steroid dienone is 1. The number of halogens is 2. The number of benzene rings is 2. The van der Waals surface area contributed by atoms with Crippen LogP contribution in [0, 0.1) is 23.1 Å². The number of hydrogen-bond donors (Lipinski definition) is 2. The van der Waals surface area contributed by atoms with E-state index in [1.165, 1.54) is 42.5 Å². The van der Waals surface area contributed by atoms with E-state index in [1.807, 2.05) is 6.07 Å². The first-order valence-corrected chi connectivity index (χ1v) is 8.93. The Morgan fingerprint density at radius 3 is 2.54 bits per heavy atom. The average Bonchev–Trinajstić information content (AvgIpc) is 2.67. The fourth-order valence-electron chi connectivity index (χ4n) is 2.36. The Morgan fingerprint density at radius 1 is 1.25 bits per heavy atom. The second-order valence-corrected chi connectivity index (χ2v) is 6.71. The van der Waals surface area contributed by atoms with Crippen LogP contribution < -0.4 is 10.6 Å². The van der Waals surface area contributed by atoms with Gasteiger partial charge in [-0.15, -0.1) is 0 Å². The third kappa shape index (κ3) is 5.93. The average molecular weight is 400 g/mol. The lowest BCUT2D eigenvalue weighted by atomic mass is 10.0. The maximum atomic E-state index is 12.9. The van der Waals surface area contributed by atoms with Gasteiger partial charge in [0.05, 0.1) is 10.6 Å². The molecule has 0 aliphatic rings. The number of nitrogens with one attached hydrogen (secondary N) is 2. The molecule has 1 atom stereocenters. The molecular weight excluding hydrogens is 381 g/mol. The molecule has 28 heavy (non-hydrogen) atoms. The molecule has 7 heteroatoms. The summed E-state index contributed by atoms with van der Waals surface area (Å²) in [5.74, 6) is -1.30. The summed E-state index contributed by atoms with van der Waals surface area (Å²) >= 11 is 5.93. The lowest BCUT2D eigenvalue weighted by Gasteiger charge is -2.14. The molecule has 5 nitrogen and oxygen atoms in total. The van der Waals surface area contributed by atoms with E-state index in [0.29, 0.717) is 29.8 Å². The molecule has 0 fully saturated rings. The zero-order valence-corrected chi connectivity index (χ0v) is 16.0. The van der Waals surface area contributed by atoms with Gasteiger partial charge in [-0.1, -0.05) is 25.1 Å². The number of carbonyl (C=O) groups excluding carboxylic acids is 2. The minimum Gasteiger partial charge on any atom is -0.326 e. The van der Waals surface area contributed by atoms with Crippen molar-refractivity contribution in [3.05, 3.63) is 76.7 Å². The van der Waals surface area contributed by atoms with Gasteiger partial charge in [0.1, 0.15) is 11.9 Å². The Morgan fingerprint density at radius 2 is 1.93 bits per heavy atom. The molecule has 2 aromatic carbocycles. The van der Waals surface area contributed by atoms with E-state index in [0.717, 1.165) is 0 Å². The highest BCUT2D eigenvalue weighted by molar-refractivity contribution is 6.32. The van der Waals surface area contributed by atoms with E-state index in [9.17, 15) is 14.0 Å². The molecular formula is C21H19ClFN3O2. The summed E-state index contributed by atoms with van der Waals surface area (Å²) in [5, 5.41) is 14.4. The van der Waals surface area contributed by atoms with Crippen LogP contribution in [0.25, 0.3) is 0 Å². The fraction of sp³-hybridized carbons (Fsp3) is 0.190. The Bertz CT molecular complexity index is 936. The summed E-state index contributed by atoms with van der Waals surface area (Å²) in [6.07, 6.45) is 0.883. The zero-order chi connectivity index (χ0) is 20.7. The maximum Gasteiger partial charge on any atom is 0.255 e. The molecule has 0 heterocycles. The van der Waals surface area contributed by atoms with Crippen LogP contribution in [0.2, 0.25) is 5.02 Å². The molecule has 0 unspecified atom stereocenters. The predicted molar refractivity (Wildman–Crippen MR) is 106 cm³/mol. The molecule has 2 amide bonds. The van der Waals surface area contributed by atoms with Gasteiger partial charge in [0.15, 0.2) is 0 Å². The molecule has 0 bridgehead atoms. The Labute approximate surface area is 167 Å². The minimum absolute atomic E-state index is 0.201. The molecule has 2 N–H and O–H groups in total. The molecule has 2 aromatic rings. The van der Waals surface area contributed by atoms with Gasteiger partial charge in [0, 0.05) is 22.9 Å². The van der Waals surface area contributed by atoms with Crippen molar-refractivity contribution in [2.24, 2.45) is 5.92 Å². The van der Waals surface area contributed by atoms with Gasteiger partial charge in [-0.2, -0.15) is 5.26 Å². The highest BCUT2D eigenvalue weighted by Crippen LogP contribution is 2.18. The fourth-order valence-corrected chi connectivity index (χ4v) is 2.59. The summed E-state index contributed by atoms with van der Waals surface area (Å²) in [6.45, 7) is 5.57. The Hall–Kier alpha value is -3.17. The lowest BCUT2D eigenvalue weighted by molar-refractivity contribution is -0.119. The van der Waals surface area contributed by atoms with E-state index in [-0.39, 0.29) is 34.1 Å². The summed E-state index contributed by atoms with van der Waals surface area (Å²) < 4.78 is 12.9. The lowest BCUT2D eigenvalue weighted by Crippen LogP contribution is -2.24. The monoisotopic (exact) mass is 399 g/mol. The first-order chi connectivity index (χ1) is 13.3. The second-order valence-electron chi connectivity index (χ2n) is 6.30. The number of nitrogens with zero attached hydrogens (tertiary/aromatic N) is 1. The third-order valence-electron chi connectivity index (χ3n) is 4.08. The predicted octanol–water partition coefficient (Wildman–Crippen LogP) is 4.65. The number of anilines is 1. The number of carbonyl (C=O) groups is 2. The molecule has 0 aliphatic heterocycles. The van der Waals surface area contributed by atoms with Crippen molar-refractivity contribution in [2.75, 3.05) is 5.32 Å². The smallest absolute Gasteiger partial charge is 0.255 e. The van der Waals surface area contributed by atoms with E-state index in [2.05, 4.69) is 17.2 Å². The topological polar surface area (TPSA) is 82.0 Å². The molecule has 144 valence electrons. The van der Waals surface area contributed by atoms with Gasteiger partial charge in [-0.25, -0.2) is 4.39 Å². The van der Waals surface area contributed by atoms with E-state index < -0.39 is 0 Å². The van der Waals surface area contributed by atoms with Crippen LogP contribution in [0.4, 0.5) is 10.1 Å². The molecule has 0 aromatic heterocycles. The van der Waals surface area contributed by atoms with E-state index >= 15 is 0 Å². The molecule has 0 aliphatic carbocycles. The van der Waals surface area contributed by atoms with Crippen LogP contribution >= 0.6 is 11.6 Å². The van der Waals surface area contributed by atoms with Crippen LogP contribution in [0.5, 0.6) is 0 Å².